The highest BCUT2D eigenvalue weighted by Crippen LogP contribution is 2.52. The Hall–Kier alpha value is -1.55. The van der Waals surface area contributed by atoms with Gasteiger partial charge in [-0.15, -0.1) is 0 Å². The van der Waals surface area contributed by atoms with Crippen LogP contribution in [0.25, 0.3) is 0 Å². The van der Waals surface area contributed by atoms with E-state index in [1.165, 1.54) is 0 Å². The van der Waals surface area contributed by atoms with E-state index in [-0.39, 0.29) is 17.4 Å². The van der Waals surface area contributed by atoms with Crippen LogP contribution >= 0.6 is 0 Å². The second kappa shape index (κ2) is 3.99. The molecule has 0 radical (unpaired) electrons. The lowest BCUT2D eigenvalue weighted by Gasteiger charge is -2.36. The molecule has 1 unspecified atom stereocenters. The average molecular weight is 246 g/mol. The van der Waals surface area contributed by atoms with Crippen LogP contribution < -0.4 is 15.0 Å². The molecule has 1 fully saturated rings. The van der Waals surface area contributed by atoms with Gasteiger partial charge in [0.1, 0.15) is 5.75 Å². The van der Waals surface area contributed by atoms with E-state index in [1.54, 1.807) is 4.90 Å². The number of carbonyl (C=O) groups is 1. The van der Waals surface area contributed by atoms with Crippen LogP contribution in [0.3, 0.4) is 0 Å². The molecule has 1 saturated carbocycles. The highest BCUT2D eigenvalue weighted by atomic mass is 16.5. The number of nitrogens with zero attached hydrogens (tertiary/aromatic N) is 1. The lowest BCUT2D eigenvalue weighted by Crippen LogP contribution is -2.50. The minimum absolute atomic E-state index is 0.00632. The second-order valence-electron chi connectivity index (χ2n) is 5.26. The largest absolute Gasteiger partial charge is 0.478 e. The normalized spacial score (nSPS) is 24.4. The molecule has 0 spiro atoms. The van der Waals surface area contributed by atoms with Gasteiger partial charge in [-0.3, -0.25) is 4.79 Å². The van der Waals surface area contributed by atoms with Gasteiger partial charge in [0.05, 0.1) is 5.69 Å². The number of amides is 1. The van der Waals surface area contributed by atoms with Crippen molar-refractivity contribution in [2.75, 3.05) is 25.5 Å². The number of likely N-dealkylation sites (N-methyl/N-ethyl adjacent to an activating group) is 1. The van der Waals surface area contributed by atoms with Crippen LogP contribution in [-0.2, 0) is 4.79 Å². The Balaban J connectivity index is 1.94. The molecule has 1 amide bonds. The lowest BCUT2D eigenvalue weighted by atomic mass is 9.96. The second-order valence-corrected chi connectivity index (χ2v) is 5.26. The van der Waals surface area contributed by atoms with Crippen molar-refractivity contribution in [3.05, 3.63) is 24.3 Å². The average Bonchev–Trinajstić information content (AvgIpc) is 3.15. The van der Waals surface area contributed by atoms with E-state index in [9.17, 15) is 4.79 Å². The third kappa shape index (κ3) is 1.60. The lowest BCUT2D eigenvalue weighted by molar-refractivity contribution is -0.129. The maximum atomic E-state index is 12.4. The van der Waals surface area contributed by atoms with Crippen LogP contribution in [-0.4, -0.2) is 32.7 Å². The van der Waals surface area contributed by atoms with Gasteiger partial charge in [-0.1, -0.05) is 12.1 Å². The van der Waals surface area contributed by atoms with Crippen LogP contribution in [0.15, 0.2) is 24.3 Å². The zero-order valence-corrected chi connectivity index (χ0v) is 10.8. The summed E-state index contributed by atoms with van der Waals surface area (Å²) >= 11 is 0. The number of rotatable bonds is 3. The maximum absolute atomic E-state index is 12.4. The third-order valence-corrected chi connectivity index (χ3v) is 4.00. The number of hydrogen-bond donors (Lipinski definition) is 1. The van der Waals surface area contributed by atoms with Gasteiger partial charge >= 0.3 is 0 Å². The van der Waals surface area contributed by atoms with Crippen LogP contribution in [0, 0.1) is 5.41 Å². The summed E-state index contributed by atoms with van der Waals surface area (Å²) in [6.45, 7) is 0.833. The Morgan fingerprint density at radius 3 is 2.83 bits per heavy atom. The number of carbonyl (C=O) groups excluding carboxylic acids is 1. The molecule has 1 aliphatic heterocycles. The predicted molar refractivity (Wildman–Crippen MR) is 69.9 cm³/mol. The van der Waals surface area contributed by atoms with E-state index in [1.807, 2.05) is 38.4 Å². The molecule has 1 aliphatic carbocycles. The van der Waals surface area contributed by atoms with Gasteiger partial charge in [-0.2, -0.15) is 0 Å². The molecule has 0 aromatic heterocycles. The Morgan fingerprint density at radius 2 is 2.17 bits per heavy atom. The Kier molecular flexibility index (Phi) is 2.55. The molecule has 1 aromatic rings. The van der Waals surface area contributed by atoms with Crippen LogP contribution in [0.2, 0.25) is 0 Å². The molecule has 96 valence electrons. The Morgan fingerprint density at radius 1 is 1.44 bits per heavy atom. The van der Waals surface area contributed by atoms with Crippen LogP contribution in [0.5, 0.6) is 5.75 Å². The van der Waals surface area contributed by atoms with Gasteiger partial charge in [-0.05, 0) is 32.0 Å². The summed E-state index contributed by atoms with van der Waals surface area (Å²) in [6, 6.07) is 7.71. The zero-order chi connectivity index (χ0) is 12.8. The van der Waals surface area contributed by atoms with Gasteiger partial charge in [0, 0.05) is 19.0 Å². The molecule has 1 atom stereocenters. The number of benzene rings is 1. The number of hydrogen-bond acceptors (Lipinski definition) is 3. The highest BCUT2D eigenvalue weighted by molar-refractivity contribution is 6.00. The van der Waals surface area contributed by atoms with Crippen molar-refractivity contribution in [2.45, 2.75) is 18.9 Å². The van der Waals surface area contributed by atoms with Crippen LogP contribution in [0.1, 0.15) is 12.8 Å². The number of nitrogens with one attached hydrogen (secondary N) is 1. The first-order chi connectivity index (χ1) is 8.68. The van der Waals surface area contributed by atoms with Gasteiger partial charge in [0.15, 0.2) is 6.10 Å². The van der Waals surface area contributed by atoms with Crippen molar-refractivity contribution >= 4 is 11.6 Å². The topological polar surface area (TPSA) is 41.6 Å². The molecule has 1 heterocycles. The number of anilines is 1. The quantitative estimate of drug-likeness (QED) is 0.876. The van der Waals surface area contributed by atoms with Crippen molar-refractivity contribution in [3.8, 4) is 5.75 Å². The highest BCUT2D eigenvalue weighted by Gasteiger charge is 2.55. The standard InChI is InChI=1S/C14H18N2O2/c1-15-9-14(7-8-14)12-13(17)16(2)10-5-3-4-6-11(10)18-12/h3-6,12,15H,7-9H2,1-2H3. The minimum Gasteiger partial charge on any atom is -0.478 e. The Labute approximate surface area is 107 Å². The smallest absolute Gasteiger partial charge is 0.268 e. The van der Waals surface area contributed by atoms with Crippen molar-refractivity contribution in [1.29, 1.82) is 0 Å². The number of fused-ring (bicyclic) bond motifs is 1. The van der Waals surface area contributed by atoms with E-state index in [2.05, 4.69) is 5.32 Å². The first kappa shape index (κ1) is 11.5. The number of ether oxygens (including phenoxy) is 1. The first-order valence-corrected chi connectivity index (χ1v) is 6.36. The summed E-state index contributed by atoms with van der Waals surface area (Å²) in [5, 5.41) is 3.18. The fourth-order valence-electron chi connectivity index (χ4n) is 2.74. The molecular weight excluding hydrogens is 228 g/mol. The van der Waals surface area contributed by atoms with E-state index < -0.39 is 0 Å². The van der Waals surface area contributed by atoms with Crippen molar-refractivity contribution in [2.24, 2.45) is 5.41 Å². The molecule has 0 saturated heterocycles. The fourth-order valence-corrected chi connectivity index (χ4v) is 2.74. The zero-order valence-electron chi connectivity index (χ0n) is 10.8. The molecule has 1 N–H and O–H groups in total. The maximum Gasteiger partial charge on any atom is 0.268 e. The molecule has 0 bridgehead atoms. The molecule has 1 aromatic carbocycles. The SMILES string of the molecule is CNCC1(C2Oc3ccccc3N(C)C2=O)CC1. The fraction of sp³-hybridized carbons (Fsp3) is 0.500. The van der Waals surface area contributed by atoms with Gasteiger partial charge in [0.25, 0.3) is 5.91 Å². The summed E-state index contributed by atoms with van der Waals surface area (Å²) in [5.74, 6) is 0.883. The summed E-state index contributed by atoms with van der Waals surface area (Å²) in [7, 11) is 3.75. The van der Waals surface area contributed by atoms with Gasteiger partial charge in [0.2, 0.25) is 0 Å². The third-order valence-electron chi connectivity index (χ3n) is 4.00. The van der Waals surface area contributed by atoms with E-state index in [4.69, 9.17) is 4.74 Å². The molecule has 4 heteroatoms. The summed E-state index contributed by atoms with van der Waals surface area (Å²) < 4.78 is 5.96. The van der Waals surface area contributed by atoms with Gasteiger partial charge < -0.3 is 15.0 Å². The molecule has 4 nitrogen and oxygen atoms in total. The van der Waals surface area contributed by atoms with Crippen LogP contribution in [0.4, 0.5) is 5.69 Å². The van der Waals surface area contributed by atoms with E-state index in [0.29, 0.717) is 0 Å². The summed E-state index contributed by atoms with van der Waals surface area (Å²) in [6.07, 6.45) is 1.77. The Bertz CT molecular complexity index is 482. The molecule has 18 heavy (non-hydrogen) atoms. The number of para-hydroxylation sites is 2. The predicted octanol–water partition coefficient (Wildman–Crippen LogP) is 1.41. The van der Waals surface area contributed by atoms with Crippen molar-refractivity contribution in [1.82, 2.24) is 5.32 Å². The summed E-state index contributed by atoms with van der Waals surface area (Å²) in [4.78, 5) is 14.1. The molecule has 2 aliphatic rings. The van der Waals surface area contributed by atoms with Crippen molar-refractivity contribution < 1.29 is 9.53 Å². The molecule has 3 rings (SSSR count). The van der Waals surface area contributed by atoms with E-state index >= 15 is 0 Å². The van der Waals surface area contributed by atoms with E-state index in [0.717, 1.165) is 30.8 Å². The van der Waals surface area contributed by atoms with Crippen molar-refractivity contribution in [3.63, 3.8) is 0 Å². The minimum atomic E-state index is -0.343. The monoisotopic (exact) mass is 246 g/mol. The summed E-state index contributed by atoms with van der Waals surface area (Å²) in [5.41, 5.74) is 0.854. The molecular formula is C14H18N2O2. The van der Waals surface area contributed by atoms with Gasteiger partial charge in [-0.25, -0.2) is 0 Å². The first-order valence-electron chi connectivity index (χ1n) is 6.36.